The fraction of sp³-hybridized carbons (Fsp3) is 0.526. The van der Waals surface area contributed by atoms with E-state index < -0.39 is 68.2 Å². The zero-order valence-corrected chi connectivity index (χ0v) is 29.7. The van der Waals surface area contributed by atoms with Gasteiger partial charge in [-0.3, -0.25) is 14.6 Å². The Morgan fingerprint density at radius 2 is 1.44 bits per heavy atom. The van der Waals surface area contributed by atoms with Gasteiger partial charge in [0.05, 0.1) is 26.3 Å². The number of carbonyl (C=O) groups is 2. The molecular weight excluding hydrogens is 692 g/mol. The summed E-state index contributed by atoms with van der Waals surface area (Å²) in [7, 11) is 3.14. The number of fused-ring (bicyclic) bond motifs is 1. The summed E-state index contributed by atoms with van der Waals surface area (Å²) in [5.74, 6) is -1.95. The van der Waals surface area contributed by atoms with Gasteiger partial charge in [-0.15, -0.1) is 0 Å². The number of nitrogens with zero attached hydrogens (tertiary/aromatic N) is 2. The number of nitrogens with one attached hydrogen (secondary N) is 1. The molecule has 2 N–H and O–H groups in total. The second kappa shape index (κ2) is 15.1. The second-order valence-electron chi connectivity index (χ2n) is 14.6. The predicted molar refractivity (Wildman–Crippen MR) is 184 cm³/mol. The van der Waals surface area contributed by atoms with Crippen LogP contribution in [-0.2, 0) is 22.6 Å². The van der Waals surface area contributed by atoms with Crippen molar-refractivity contribution >= 4 is 22.6 Å². The third kappa shape index (κ3) is 8.43. The molecule has 2 aliphatic rings. The van der Waals surface area contributed by atoms with E-state index in [-0.39, 0.29) is 11.8 Å². The molecule has 1 amide bonds. The monoisotopic (exact) mass is 737 g/mol. The highest BCUT2D eigenvalue weighted by molar-refractivity contribution is 6.01. The van der Waals surface area contributed by atoms with Crippen molar-refractivity contribution in [3.8, 4) is 22.6 Å². The van der Waals surface area contributed by atoms with E-state index in [0.717, 1.165) is 42.0 Å². The van der Waals surface area contributed by atoms with E-state index in [2.05, 4.69) is 24.1 Å². The number of piperidine rings is 2. The van der Waals surface area contributed by atoms with E-state index in [9.17, 15) is 41.0 Å². The van der Waals surface area contributed by atoms with E-state index >= 15 is 0 Å². The standard InChI is InChI=1S/C38H45F6N3O5/c1-35(2)13-17-46(18-14-35)22-25-11-12-30(51-3)31(32(25)52-4)28-10-6-8-26-24(7-5-9-27(26)28)21-29(33(48)49)45-34(50)36(38(42,43)44)15-19-47(20-16-36)23-37(39,40)41/h5-12,29H,13-23H2,1-4H3,(H,45,50)(H,48,49)/t29-/m0/s1. The number of alkyl halides is 6. The van der Waals surface area contributed by atoms with Gasteiger partial charge >= 0.3 is 18.3 Å². The Balaban J connectivity index is 1.45. The average Bonchev–Trinajstić information content (AvgIpc) is 3.07. The van der Waals surface area contributed by atoms with Gasteiger partial charge in [0.2, 0.25) is 5.91 Å². The van der Waals surface area contributed by atoms with Gasteiger partial charge in [-0.2, -0.15) is 26.3 Å². The lowest BCUT2D eigenvalue weighted by Crippen LogP contribution is -2.59. The lowest BCUT2D eigenvalue weighted by atomic mass is 9.76. The zero-order chi connectivity index (χ0) is 38.1. The molecule has 3 aromatic carbocycles. The summed E-state index contributed by atoms with van der Waals surface area (Å²) in [4.78, 5) is 29.0. The molecule has 2 aliphatic heterocycles. The quantitative estimate of drug-likeness (QED) is 0.198. The molecular formula is C38H45F6N3O5. The number of carboxylic acid groups (broad SMARTS) is 1. The normalized spacial score (nSPS) is 18.9. The fourth-order valence-electron chi connectivity index (χ4n) is 7.42. The Morgan fingerprint density at radius 3 is 2.02 bits per heavy atom. The van der Waals surface area contributed by atoms with Gasteiger partial charge < -0.3 is 19.9 Å². The number of aliphatic carboxylic acids is 1. The molecule has 2 heterocycles. The van der Waals surface area contributed by atoms with Crippen LogP contribution in [0.1, 0.15) is 50.7 Å². The van der Waals surface area contributed by atoms with Gasteiger partial charge in [-0.1, -0.05) is 56.3 Å². The van der Waals surface area contributed by atoms with Crippen LogP contribution in [0.3, 0.4) is 0 Å². The number of likely N-dealkylation sites (tertiary alicyclic amines) is 2. The molecule has 14 heteroatoms. The van der Waals surface area contributed by atoms with Crippen LogP contribution in [0.5, 0.6) is 11.5 Å². The van der Waals surface area contributed by atoms with Crippen LogP contribution in [0, 0.1) is 10.8 Å². The highest BCUT2D eigenvalue weighted by Gasteiger charge is 2.61. The van der Waals surface area contributed by atoms with Crippen molar-refractivity contribution in [2.45, 2.75) is 70.9 Å². The van der Waals surface area contributed by atoms with Crippen LogP contribution in [0.25, 0.3) is 21.9 Å². The molecule has 0 saturated carbocycles. The molecule has 284 valence electrons. The smallest absolute Gasteiger partial charge is 0.403 e. The molecule has 0 unspecified atom stereocenters. The summed E-state index contributed by atoms with van der Waals surface area (Å²) in [5.41, 5.74) is 0.0890. The van der Waals surface area contributed by atoms with Crippen LogP contribution in [0.4, 0.5) is 26.3 Å². The number of carbonyl (C=O) groups excluding carboxylic acids is 1. The largest absolute Gasteiger partial charge is 0.496 e. The molecule has 2 saturated heterocycles. The number of ether oxygens (including phenoxy) is 2. The SMILES string of the molecule is COc1ccc(CN2CCC(C)(C)CC2)c(OC)c1-c1cccc2c(C[C@H](NC(=O)C3(C(F)(F)F)CCN(CC(F)(F)F)CC3)C(=O)O)cccc12. The molecule has 0 spiro atoms. The van der Waals surface area contributed by atoms with Crippen molar-refractivity contribution in [3.05, 3.63) is 59.7 Å². The number of hydrogen-bond acceptors (Lipinski definition) is 6. The summed E-state index contributed by atoms with van der Waals surface area (Å²) < 4.78 is 93.9. The van der Waals surface area contributed by atoms with Crippen molar-refractivity contribution in [1.29, 1.82) is 0 Å². The minimum Gasteiger partial charge on any atom is -0.496 e. The molecule has 8 nitrogen and oxygen atoms in total. The Bertz CT molecular complexity index is 1760. The van der Waals surface area contributed by atoms with Gasteiger partial charge in [0.1, 0.15) is 23.0 Å². The lowest BCUT2D eigenvalue weighted by molar-refractivity contribution is -0.236. The Morgan fingerprint density at radius 1 is 0.827 bits per heavy atom. The molecule has 5 rings (SSSR count). The van der Waals surface area contributed by atoms with E-state index in [1.807, 2.05) is 24.3 Å². The first-order valence-electron chi connectivity index (χ1n) is 17.2. The molecule has 0 radical (unpaired) electrons. The fourth-order valence-corrected chi connectivity index (χ4v) is 7.42. The number of halogens is 6. The number of benzene rings is 3. The Hall–Kier alpha value is -4.04. The number of amides is 1. The van der Waals surface area contributed by atoms with Crippen LogP contribution in [0.15, 0.2) is 48.5 Å². The van der Waals surface area contributed by atoms with Gasteiger partial charge in [-0.25, -0.2) is 4.79 Å². The molecule has 3 aromatic rings. The lowest BCUT2D eigenvalue weighted by Gasteiger charge is -2.42. The zero-order valence-electron chi connectivity index (χ0n) is 29.7. The predicted octanol–water partition coefficient (Wildman–Crippen LogP) is 7.46. The number of carboxylic acids is 1. The van der Waals surface area contributed by atoms with Crippen LogP contribution in [-0.4, -0.2) is 92.1 Å². The van der Waals surface area contributed by atoms with Gasteiger partial charge in [-0.05, 0) is 85.2 Å². The first-order valence-corrected chi connectivity index (χ1v) is 17.2. The highest BCUT2D eigenvalue weighted by Crippen LogP contribution is 2.48. The molecule has 0 aliphatic carbocycles. The van der Waals surface area contributed by atoms with Gasteiger partial charge in [0.15, 0.2) is 0 Å². The van der Waals surface area contributed by atoms with E-state index in [1.165, 1.54) is 0 Å². The third-order valence-electron chi connectivity index (χ3n) is 10.6. The van der Waals surface area contributed by atoms with Crippen LogP contribution < -0.4 is 14.8 Å². The highest BCUT2D eigenvalue weighted by atomic mass is 19.4. The van der Waals surface area contributed by atoms with Crippen LogP contribution >= 0.6 is 0 Å². The maximum Gasteiger partial charge on any atom is 0.403 e. The molecule has 0 bridgehead atoms. The van der Waals surface area contributed by atoms with Crippen molar-refractivity contribution in [3.63, 3.8) is 0 Å². The summed E-state index contributed by atoms with van der Waals surface area (Å²) in [5, 5.41) is 13.5. The van der Waals surface area contributed by atoms with E-state index in [4.69, 9.17) is 9.47 Å². The van der Waals surface area contributed by atoms with E-state index in [1.54, 1.807) is 38.5 Å². The van der Waals surface area contributed by atoms with Gasteiger partial charge in [0, 0.05) is 18.5 Å². The minimum atomic E-state index is -5.12. The van der Waals surface area contributed by atoms with Gasteiger partial charge in [0.25, 0.3) is 0 Å². The minimum absolute atomic E-state index is 0.284. The van der Waals surface area contributed by atoms with Crippen LogP contribution in [0.2, 0.25) is 0 Å². The Kier molecular flexibility index (Phi) is 11.4. The maximum absolute atomic E-state index is 14.4. The molecule has 0 aromatic heterocycles. The number of hydrogen-bond donors (Lipinski definition) is 2. The van der Waals surface area contributed by atoms with Crippen molar-refractivity contribution < 1.29 is 50.5 Å². The maximum atomic E-state index is 14.4. The topological polar surface area (TPSA) is 91.3 Å². The molecule has 1 atom stereocenters. The number of methoxy groups -OCH3 is 2. The summed E-state index contributed by atoms with van der Waals surface area (Å²) in [6, 6.07) is 12.7. The first kappa shape index (κ1) is 39.2. The summed E-state index contributed by atoms with van der Waals surface area (Å²) >= 11 is 0. The van der Waals surface area contributed by atoms with Crippen molar-refractivity contribution in [1.82, 2.24) is 15.1 Å². The molecule has 2 fully saturated rings. The van der Waals surface area contributed by atoms with E-state index in [0.29, 0.717) is 39.9 Å². The second-order valence-corrected chi connectivity index (χ2v) is 14.6. The summed E-state index contributed by atoms with van der Waals surface area (Å²) in [6.07, 6.45) is -9.80. The first-order chi connectivity index (χ1) is 24.4. The number of rotatable bonds is 11. The van der Waals surface area contributed by atoms with Crippen molar-refractivity contribution in [2.75, 3.05) is 46.9 Å². The molecule has 52 heavy (non-hydrogen) atoms. The van der Waals surface area contributed by atoms with Crippen molar-refractivity contribution in [2.24, 2.45) is 10.8 Å². The Labute approximate surface area is 299 Å². The third-order valence-corrected chi connectivity index (χ3v) is 10.6. The average molecular weight is 738 g/mol. The summed E-state index contributed by atoms with van der Waals surface area (Å²) in [6.45, 7) is 4.43.